The number of nitrogens with one attached hydrogen (secondary N) is 1. The number of methoxy groups -OCH3 is 1. The van der Waals surface area contributed by atoms with Gasteiger partial charge in [-0.1, -0.05) is 19.3 Å². The lowest BCUT2D eigenvalue weighted by atomic mass is 9.74. The van der Waals surface area contributed by atoms with E-state index < -0.39 is 11.9 Å². The normalized spacial score (nSPS) is 18.2. The van der Waals surface area contributed by atoms with Crippen LogP contribution in [0.1, 0.15) is 62.3 Å². The van der Waals surface area contributed by atoms with Gasteiger partial charge in [0.25, 0.3) is 0 Å². The van der Waals surface area contributed by atoms with Gasteiger partial charge in [-0.05, 0) is 43.9 Å². The Morgan fingerprint density at radius 3 is 2.51 bits per heavy atom. The van der Waals surface area contributed by atoms with Crippen LogP contribution in [-0.4, -0.2) is 47.2 Å². The Morgan fingerprint density at radius 1 is 1.11 bits per heavy atom. The summed E-state index contributed by atoms with van der Waals surface area (Å²) in [6, 6.07) is 4.64. The zero-order chi connectivity index (χ0) is 24.8. The van der Waals surface area contributed by atoms with E-state index in [1.807, 2.05) is 13.1 Å². The summed E-state index contributed by atoms with van der Waals surface area (Å²) in [6.45, 7) is 1.41. The fourth-order valence-corrected chi connectivity index (χ4v) is 5.42. The molecule has 7 nitrogen and oxygen atoms in total. The molecule has 3 N–H and O–H groups in total. The summed E-state index contributed by atoms with van der Waals surface area (Å²) >= 11 is 0. The van der Waals surface area contributed by atoms with Crippen molar-refractivity contribution in [1.82, 2.24) is 19.9 Å². The Kier molecular flexibility index (Phi) is 6.11. The largest absolute Gasteiger partial charge is 0.433 e. The first kappa shape index (κ1) is 23.8. The van der Waals surface area contributed by atoms with Gasteiger partial charge in [0.2, 0.25) is 0 Å². The van der Waals surface area contributed by atoms with Gasteiger partial charge in [0, 0.05) is 43.3 Å². The third-order valence-corrected chi connectivity index (χ3v) is 7.23. The monoisotopic (exact) mass is 488 g/mol. The summed E-state index contributed by atoms with van der Waals surface area (Å²) in [6.07, 6.45) is 2.86. The third kappa shape index (κ3) is 4.94. The van der Waals surface area contributed by atoms with E-state index in [4.69, 9.17) is 10.5 Å². The quantitative estimate of drug-likeness (QED) is 0.454. The smallest absolute Gasteiger partial charge is 0.384 e. The molecular formula is C25H31F3N6O. The molecular weight excluding hydrogens is 457 g/mol. The second kappa shape index (κ2) is 8.96. The number of nitrogens with zero attached hydrogens (tertiary/aromatic N) is 4. The Hall–Kier alpha value is -2.88. The molecule has 0 aromatic carbocycles. The van der Waals surface area contributed by atoms with Crippen LogP contribution in [0.25, 0.3) is 22.4 Å². The molecule has 0 bridgehead atoms. The number of rotatable bonds is 7. The maximum absolute atomic E-state index is 13.6. The average Bonchev–Trinajstić information content (AvgIpc) is 3.59. The highest BCUT2D eigenvalue weighted by Gasteiger charge is 2.36. The van der Waals surface area contributed by atoms with Crippen LogP contribution in [0.15, 0.2) is 18.2 Å². The summed E-state index contributed by atoms with van der Waals surface area (Å²) in [5.41, 5.74) is 8.20. The lowest BCUT2D eigenvalue weighted by molar-refractivity contribution is -0.141. The SMILES string of the molecule is COCC1(CN(C)c2cc(-c3cc(C4CC4)nc(C(F)(F)F)c3)nc3nc(N)[nH]c23)CCCCC1. The number of hydrogen-bond acceptors (Lipinski definition) is 6. The number of anilines is 2. The molecule has 2 aliphatic rings. The van der Waals surface area contributed by atoms with Crippen LogP contribution in [0.3, 0.4) is 0 Å². The van der Waals surface area contributed by atoms with Crippen LogP contribution >= 0.6 is 0 Å². The molecule has 2 aliphatic carbocycles. The van der Waals surface area contributed by atoms with Gasteiger partial charge in [-0.25, -0.2) is 9.97 Å². The average molecular weight is 489 g/mol. The highest BCUT2D eigenvalue weighted by atomic mass is 19.4. The van der Waals surface area contributed by atoms with E-state index in [9.17, 15) is 13.2 Å². The first-order valence-electron chi connectivity index (χ1n) is 12.1. The number of hydrogen-bond donors (Lipinski definition) is 2. The number of H-pyrrole nitrogens is 1. The van der Waals surface area contributed by atoms with E-state index in [0.717, 1.165) is 56.8 Å². The number of nitrogen functional groups attached to an aromatic ring is 1. The van der Waals surface area contributed by atoms with E-state index in [1.54, 1.807) is 13.2 Å². The molecule has 35 heavy (non-hydrogen) atoms. The molecule has 10 heteroatoms. The van der Waals surface area contributed by atoms with E-state index in [-0.39, 0.29) is 17.3 Å². The molecule has 0 unspecified atom stereocenters. The van der Waals surface area contributed by atoms with E-state index in [0.29, 0.717) is 34.7 Å². The zero-order valence-electron chi connectivity index (χ0n) is 20.1. The van der Waals surface area contributed by atoms with Crippen LogP contribution in [0.2, 0.25) is 0 Å². The van der Waals surface area contributed by atoms with Crippen molar-refractivity contribution < 1.29 is 17.9 Å². The predicted octanol–water partition coefficient (Wildman–Crippen LogP) is 5.53. The van der Waals surface area contributed by atoms with Gasteiger partial charge in [0.15, 0.2) is 11.6 Å². The van der Waals surface area contributed by atoms with Crippen LogP contribution in [0, 0.1) is 5.41 Å². The first-order valence-corrected chi connectivity index (χ1v) is 12.1. The van der Waals surface area contributed by atoms with Crippen LogP contribution in [0.5, 0.6) is 0 Å². The van der Waals surface area contributed by atoms with Crippen molar-refractivity contribution >= 4 is 22.8 Å². The standard InChI is InChI=1S/C25H31F3N6O/c1-34(13-24(14-35-2)8-4-3-5-9-24)19-12-18(31-22-21(19)32-23(29)33-22)16-10-17(15-6-7-15)30-20(11-16)25(26,27)28/h10-12,15H,3-9,13-14H2,1-2H3,(H3,29,31,32,33). The third-order valence-electron chi connectivity index (χ3n) is 7.23. The Bertz CT molecular complexity index is 1210. The molecule has 5 rings (SSSR count). The maximum atomic E-state index is 13.6. The van der Waals surface area contributed by atoms with Gasteiger partial charge in [-0.15, -0.1) is 0 Å². The predicted molar refractivity (Wildman–Crippen MR) is 129 cm³/mol. The number of fused-ring (bicyclic) bond motifs is 1. The molecule has 0 saturated heterocycles. The van der Waals surface area contributed by atoms with Crippen molar-refractivity contribution in [1.29, 1.82) is 0 Å². The van der Waals surface area contributed by atoms with Crippen LogP contribution < -0.4 is 10.6 Å². The summed E-state index contributed by atoms with van der Waals surface area (Å²) in [5, 5.41) is 0. The van der Waals surface area contributed by atoms with Crippen molar-refractivity contribution in [2.24, 2.45) is 5.41 Å². The summed E-state index contributed by atoms with van der Waals surface area (Å²) in [5.74, 6) is 0.288. The molecule has 3 aromatic heterocycles. The molecule has 188 valence electrons. The van der Waals surface area contributed by atoms with Gasteiger partial charge in [-0.2, -0.15) is 18.2 Å². The number of imidazole rings is 1. The molecule has 3 heterocycles. The van der Waals surface area contributed by atoms with E-state index >= 15 is 0 Å². The Morgan fingerprint density at radius 2 is 1.86 bits per heavy atom. The summed E-state index contributed by atoms with van der Waals surface area (Å²) in [4.78, 5) is 18.0. The summed E-state index contributed by atoms with van der Waals surface area (Å²) < 4.78 is 46.5. The molecule has 0 spiro atoms. The maximum Gasteiger partial charge on any atom is 0.433 e. The van der Waals surface area contributed by atoms with E-state index in [1.165, 1.54) is 6.42 Å². The molecule has 0 atom stereocenters. The highest BCUT2D eigenvalue weighted by molar-refractivity contribution is 5.90. The van der Waals surface area contributed by atoms with Gasteiger partial charge in [-0.3, -0.25) is 0 Å². The van der Waals surface area contributed by atoms with Gasteiger partial charge >= 0.3 is 6.18 Å². The lowest BCUT2D eigenvalue weighted by Gasteiger charge is -2.40. The van der Waals surface area contributed by atoms with Gasteiger partial charge in [0.05, 0.1) is 18.0 Å². The second-order valence-electron chi connectivity index (χ2n) is 10.1. The minimum absolute atomic E-state index is 0.0162. The van der Waals surface area contributed by atoms with Crippen LogP contribution in [0.4, 0.5) is 24.8 Å². The molecule has 0 amide bonds. The topological polar surface area (TPSA) is 92.9 Å². The van der Waals surface area contributed by atoms with Gasteiger partial charge in [0.1, 0.15) is 11.2 Å². The minimum Gasteiger partial charge on any atom is -0.384 e. The fraction of sp³-hybridized carbons (Fsp3) is 0.560. The minimum atomic E-state index is -4.53. The van der Waals surface area contributed by atoms with Crippen molar-refractivity contribution in [3.63, 3.8) is 0 Å². The number of alkyl halides is 3. The molecule has 3 aromatic rings. The van der Waals surface area contributed by atoms with Crippen molar-refractivity contribution in [3.05, 3.63) is 29.6 Å². The molecule has 0 radical (unpaired) electrons. The van der Waals surface area contributed by atoms with E-state index in [2.05, 4.69) is 24.8 Å². The lowest BCUT2D eigenvalue weighted by Crippen LogP contribution is -2.40. The van der Waals surface area contributed by atoms with Crippen molar-refractivity contribution in [2.75, 3.05) is 37.9 Å². The number of pyridine rings is 2. The van der Waals surface area contributed by atoms with Crippen LogP contribution in [-0.2, 0) is 10.9 Å². The van der Waals surface area contributed by atoms with Crippen molar-refractivity contribution in [2.45, 2.75) is 57.0 Å². The fourth-order valence-electron chi connectivity index (χ4n) is 5.42. The number of aromatic amines is 1. The Labute approximate surface area is 202 Å². The molecule has 0 aliphatic heterocycles. The highest BCUT2D eigenvalue weighted by Crippen LogP contribution is 2.43. The second-order valence-corrected chi connectivity index (χ2v) is 10.1. The van der Waals surface area contributed by atoms with Crippen molar-refractivity contribution in [3.8, 4) is 11.3 Å². The number of halogens is 3. The first-order chi connectivity index (χ1) is 16.7. The van der Waals surface area contributed by atoms with Gasteiger partial charge < -0.3 is 20.4 Å². The zero-order valence-corrected chi connectivity index (χ0v) is 20.1. The number of ether oxygens (including phenoxy) is 1. The number of aromatic nitrogens is 4. The molecule has 2 fully saturated rings. The number of nitrogens with two attached hydrogens (primary N) is 1. The Balaban J connectivity index is 1.58. The summed E-state index contributed by atoms with van der Waals surface area (Å²) in [7, 11) is 3.72. The molecule has 2 saturated carbocycles.